The van der Waals surface area contributed by atoms with Gasteiger partial charge in [0.1, 0.15) is 10.5 Å². The number of hydrogen-bond donors (Lipinski definition) is 1. The minimum absolute atomic E-state index is 0.632. The molecule has 21 heavy (non-hydrogen) atoms. The predicted octanol–water partition coefficient (Wildman–Crippen LogP) is 3.63. The van der Waals surface area contributed by atoms with Gasteiger partial charge < -0.3 is 9.73 Å². The topological polar surface area (TPSA) is 51.0 Å². The summed E-state index contributed by atoms with van der Waals surface area (Å²) in [5.74, 6) is 0. The Morgan fingerprint density at radius 3 is 2.86 bits per heavy atom. The third-order valence-electron chi connectivity index (χ3n) is 3.44. The van der Waals surface area contributed by atoms with Gasteiger partial charge in [0.15, 0.2) is 5.58 Å². The number of rotatable bonds is 5. The first-order valence-electron chi connectivity index (χ1n) is 7.08. The average Bonchev–Trinajstić information content (AvgIpc) is 3.25. The summed E-state index contributed by atoms with van der Waals surface area (Å²) >= 11 is 1.45. The van der Waals surface area contributed by atoms with E-state index in [-0.39, 0.29) is 0 Å². The van der Waals surface area contributed by atoms with Crippen LogP contribution in [-0.2, 0) is 6.54 Å². The maximum absolute atomic E-state index is 5.69. The lowest BCUT2D eigenvalue weighted by atomic mass is 10.3. The first kappa shape index (κ1) is 12.9. The highest BCUT2D eigenvalue weighted by Gasteiger charge is 2.19. The SMILES string of the molecule is c1ccc2oc(Sc3ccc(CNC4CC4)cn3)nc2c1. The quantitative estimate of drug-likeness (QED) is 0.779. The summed E-state index contributed by atoms with van der Waals surface area (Å²) < 4.78 is 5.69. The third kappa shape index (κ3) is 3.09. The van der Waals surface area contributed by atoms with Crippen molar-refractivity contribution < 1.29 is 4.42 Å². The van der Waals surface area contributed by atoms with Gasteiger partial charge in [-0.1, -0.05) is 18.2 Å². The minimum atomic E-state index is 0.632. The Hall–Kier alpha value is -1.85. The second-order valence-electron chi connectivity index (χ2n) is 5.21. The van der Waals surface area contributed by atoms with Gasteiger partial charge in [-0.25, -0.2) is 9.97 Å². The Kier molecular flexibility index (Phi) is 3.37. The monoisotopic (exact) mass is 297 g/mol. The number of pyridine rings is 1. The van der Waals surface area contributed by atoms with Crippen molar-refractivity contribution in [2.45, 2.75) is 35.7 Å². The molecule has 5 heteroatoms. The van der Waals surface area contributed by atoms with Gasteiger partial charge in [0.25, 0.3) is 5.22 Å². The van der Waals surface area contributed by atoms with Crippen LogP contribution >= 0.6 is 11.8 Å². The highest BCUT2D eigenvalue weighted by Crippen LogP contribution is 2.28. The maximum atomic E-state index is 5.69. The normalized spacial score (nSPS) is 14.7. The van der Waals surface area contributed by atoms with E-state index in [1.807, 2.05) is 36.5 Å². The molecule has 0 amide bonds. The number of oxazole rings is 1. The van der Waals surface area contributed by atoms with E-state index in [1.165, 1.54) is 30.2 Å². The van der Waals surface area contributed by atoms with Gasteiger partial charge >= 0.3 is 0 Å². The van der Waals surface area contributed by atoms with Crippen LogP contribution in [0.5, 0.6) is 0 Å². The molecule has 0 radical (unpaired) electrons. The second-order valence-corrected chi connectivity index (χ2v) is 6.18. The van der Waals surface area contributed by atoms with Gasteiger partial charge in [0.05, 0.1) is 0 Å². The van der Waals surface area contributed by atoms with Crippen LogP contribution in [0.25, 0.3) is 11.1 Å². The minimum Gasteiger partial charge on any atom is -0.431 e. The van der Waals surface area contributed by atoms with Crippen LogP contribution in [-0.4, -0.2) is 16.0 Å². The molecular formula is C16H15N3OS. The van der Waals surface area contributed by atoms with Crippen molar-refractivity contribution in [3.8, 4) is 0 Å². The molecule has 1 aliphatic rings. The number of nitrogens with zero attached hydrogens (tertiary/aromatic N) is 2. The molecule has 4 rings (SSSR count). The Morgan fingerprint density at radius 1 is 1.19 bits per heavy atom. The fraction of sp³-hybridized carbons (Fsp3) is 0.250. The van der Waals surface area contributed by atoms with Crippen LogP contribution in [0.2, 0.25) is 0 Å². The molecule has 1 aliphatic carbocycles. The lowest BCUT2D eigenvalue weighted by Crippen LogP contribution is -2.15. The highest BCUT2D eigenvalue weighted by atomic mass is 32.2. The molecule has 0 bridgehead atoms. The van der Waals surface area contributed by atoms with Crippen LogP contribution in [0.15, 0.2) is 57.3 Å². The number of nitrogens with one attached hydrogen (secondary N) is 1. The molecule has 0 aliphatic heterocycles. The molecular weight excluding hydrogens is 282 g/mol. The van der Waals surface area contributed by atoms with Crippen molar-refractivity contribution in [3.63, 3.8) is 0 Å². The zero-order valence-corrected chi connectivity index (χ0v) is 12.3. The van der Waals surface area contributed by atoms with Crippen LogP contribution in [0, 0.1) is 0 Å². The summed E-state index contributed by atoms with van der Waals surface area (Å²) in [6.07, 6.45) is 4.53. The van der Waals surface area contributed by atoms with Crippen LogP contribution in [0.3, 0.4) is 0 Å². The van der Waals surface area contributed by atoms with Gasteiger partial charge in [0, 0.05) is 18.8 Å². The summed E-state index contributed by atoms with van der Waals surface area (Å²) in [6, 6.07) is 12.6. The van der Waals surface area contributed by atoms with Gasteiger partial charge in [-0.2, -0.15) is 0 Å². The molecule has 0 saturated heterocycles. The molecule has 2 aromatic heterocycles. The summed E-state index contributed by atoms with van der Waals surface area (Å²) in [5, 5.41) is 5.01. The zero-order chi connectivity index (χ0) is 14.1. The van der Waals surface area contributed by atoms with Crippen molar-refractivity contribution in [2.75, 3.05) is 0 Å². The first-order chi connectivity index (χ1) is 10.4. The Balaban J connectivity index is 1.45. The number of para-hydroxylation sites is 2. The van der Waals surface area contributed by atoms with E-state index in [0.29, 0.717) is 5.22 Å². The fourth-order valence-electron chi connectivity index (χ4n) is 2.11. The molecule has 3 aromatic rings. The molecule has 106 valence electrons. The number of benzene rings is 1. The third-order valence-corrected chi connectivity index (χ3v) is 4.24. The van der Waals surface area contributed by atoms with E-state index in [4.69, 9.17) is 4.42 Å². The molecule has 1 aromatic carbocycles. The van der Waals surface area contributed by atoms with E-state index in [2.05, 4.69) is 21.4 Å². The van der Waals surface area contributed by atoms with E-state index in [9.17, 15) is 0 Å². The Labute approximate surface area is 127 Å². The first-order valence-corrected chi connectivity index (χ1v) is 7.90. The van der Waals surface area contributed by atoms with E-state index >= 15 is 0 Å². The lowest BCUT2D eigenvalue weighted by molar-refractivity contribution is 0.489. The van der Waals surface area contributed by atoms with Gasteiger partial charge in [-0.3, -0.25) is 0 Å². The van der Waals surface area contributed by atoms with Crippen molar-refractivity contribution >= 4 is 22.9 Å². The van der Waals surface area contributed by atoms with E-state index < -0.39 is 0 Å². The lowest BCUT2D eigenvalue weighted by Gasteiger charge is -2.03. The molecule has 0 atom stereocenters. The Bertz CT molecular complexity index is 717. The fourth-order valence-corrected chi connectivity index (χ4v) is 2.81. The van der Waals surface area contributed by atoms with E-state index in [0.717, 1.165) is 28.7 Å². The Morgan fingerprint density at radius 2 is 2.10 bits per heavy atom. The zero-order valence-electron chi connectivity index (χ0n) is 11.5. The van der Waals surface area contributed by atoms with Gasteiger partial charge in [-0.15, -0.1) is 0 Å². The molecule has 2 heterocycles. The summed E-state index contributed by atoms with van der Waals surface area (Å²) in [5.41, 5.74) is 2.90. The van der Waals surface area contributed by atoms with Crippen LogP contribution in [0.4, 0.5) is 0 Å². The average molecular weight is 297 g/mol. The smallest absolute Gasteiger partial charge is 0.263 e. The summed E-state index contributed by atoms with van der Waals surface area (Å²) in [7, 11) is 0. The number of hydrogen-bond acceptors (Lipinski definition) is 5. The van der Waals surface area contributed by atoms with Crippen molar-refractivity contribution in [1.29, 1.82) is 0 Å². The molecule has 0 spiro atoms. The van der Waals surface area contributed by atoms with Crippen molar-refractivity contribution in [3.05, 3.63) is 48.2 Å². The largest absolute Gasteiger partial charge is 0.431 e. The number of aromatic nitrogens is 2. The van der Waals surface area contributed by atoms with Crippen LogP contribution < -0.4 is 5.32 Å². The molecule has 1 saturated carbocycles. The standard InChI is InChI=1S/C16H15N3OS/c1-2-4-14-13(3-1)19-16(20-14)21-15-8-5-11(10-18-15)9-17-12-6-7-12/h1-5,8,10,12,17H,6-7,9H2. The second kappa shape index (κ2) is 5.50. The molecule has 1 N–H and O–H groups in total. The highest BCUT2D eigenvalue weighted by molar-refractivity contribution is 7.99. The number of fused-ring (bicyclic) bond motifs is 1. The van der Waals surface area contributed by atoms with E-state index in [1.54, 1.807) is 0 Å². The van der Waals surface area contributed by atoms with Crippen LogP contribution in [0.1, 0.15) is 18.4 Å². The maximum Gasteiger partial charge on any atom is 0.263 e. The predicted molar refractivity (Wildman–Crippen MR) is 82.2 cm³/mol. The van der Waals surface area contributed by atoms with Gasteiger partial charge in [0.2, 0.25) is 0 Å². The summed E-state index contributed by atoms with van der Waals surface area (Å²) in [4.78, 5) is 8.91. The van der Waals surface area contributed by atoms with Crippen molar-refractivity contribution in [1.82, 2.24) is 15.3 Å². The molecule has 4 nitrogen and oxygen atoms in total. The summed E-state index contributed by atoms with van der Waals surface area (Å²) in [6.45, 7) is 0.894. The molecule has 0 unspecified atom stereocenters. The van der Waals surface area contributed by atoms with Gasteiger partial charge in [-0.05, 0) is 48.4 Å². The molecule has 1 fully saturated rings. The van der Waals surface area contributed by atoms with Crippen molar-refractivity contribution in [2.24, 2.45) is 0 Å².